The summed E-state index contributed by atoms with van der Waals surface area (Å²) < 4.78 is 44.9. The molecular formula is C20H24ClF2N3O3S2. The Morgan fingerprint density at radius 2 is 2.06 bits per heavy atom. The minimum atomic E-state index is -3.94. The number of carbonyl (C=O) groups is 1. The van der Waals surface area contributed by atoms with E-state index in [1.807, 2.05) is 0 Å². The second kappa shape index (κ2) is 8.47. The molecular weight excluding hydrogens is 468 g/mol. The number of amides is 1. The van der Waals surface area contributed by atoms with Gasteiger partial charge in [-0.05, 0) is 61.3 Å². The molecule has 0 aliphatic heterocycles. The summed E-state index contributed by atoms with van der Waals surface area (Å²) in [7, 11) is -3.94. The Morgan fingerprint density at radius 1 is 1.45 bits per heavy atom. The molecule has 1 atom stereocenters. The third kappa shape index (κ3) is 5.14. The van der Waals surface area contributed by atoms with E-state index in [-0.39, 0.29) is 28.3 Å². The molecule has 0 spiro atoms. The van der Waals surface area contributed by atoms with Gasteiger partial charge in [-0.3, -0.25) is 4.79 Å². The maximum Gasteiger partial charge on any atom is 0.259 e. The summed E-state index contributed by atoms with van der Waals surface area (Å²) in [4.78, 5) is 16.3. The summed E-state index contributed by atoms with van der Waals surface area (Å²) in [5, 5.41) is 15.6. The van der Waals surface area contributed by atoms with Gasteiger partial charge in [0.2, 0.25) is 5.95 Å². The molecule has 6 nitrogen and oxygen atoms in total. The predicted molar refractivity (Wildman–Crippen MR) is 117 cm³/mol. The number of aliphatic hydroxyl groups is 1. The van der Waals surface area contributed by atoms with Crippen LogP contribution in [-0.2, 0) is 26.7 Å². The van der Waals surface area contributed by atoms with E-state index in [0.717, 1.165) is 18.4 Å². The molecule has 1 saturated carbocycles. The summed E-state index contributed by atoms with van der Waals surface area (Å²) in [6, 6.07) is 1.53. The van der Waals surface area contributed by atoms with E-state index < -0.39 is 37.4 Å². The maximum atomic E-state index is 14.8. The van der Waals surface area contributed by atoms with Crippen LogP contribution in [0.5, 0.6) is 0 Å². The van der Waals surface area contributed by atoms with Gasteiger partial charge in [0.05, 0.1) is 11.4 Å². The molecule has 0 saturated heterocycles. The van der Waals surface area contributed by atoms with Crippen LogP contribution < -0.4 is 5.14 Å². The smallest absolute Gasteiger partial charge is 0.259 e. The molecule has 1 fully saturated rings. The largest absolute Gasteiger partial charge is 0.383 e. The molecule has 0 unspecified atom stereocenters. The number of hydrogen-bond acceptors (Lipinski definition) is 5. The number of benzene rings is 1. The lowest BCUT2D eigenvalue weighted by molar-refractivity contribution is -0.117. The first-order valence-corrected chi connectivity index (χ1v) is 12.5. The van der Waals surface area contributed by atoms with E-state index in [2.05, 4.69) is 9.35 Å². The Hall–Kier alpha value is -1.46. The van der Waals surface area contributed by atoms with E-state index in [4.69, 9.17) is 16.7 Å². The molecule has 2 aromatic rings. The van der Waals surface area contributed by atoms with Gasteiger partial charge < -0.3 is 5.11 Å². The summed E-state index contributed by atoms with van der Waals surface area (Å²) in [6.45, 7) is 6.34. The molecule has 1 aromatic heterocycles. The third-order valence-corrected chi connectivity index (χ3v) is 8.46. The lowest BCUT2D eigenvalue weighted by Gasteiger charge is -2.18. The average Bonchev–Trinajstić information content (AvgIpc) is 3.36. The van der Waals surface area contributed by atoms with Crippen molar-refractivity contribution < 1.29 is 22.9 Å². The first kappa shape index (κ1) is 24.2. The molecule has 3 N–H and O–H groups in total. The average molecular weight is 492 g/mol. The van der Waals surface area contributed by atoms with Gasteiger partial charge >= 0.3 is 0 Å². The third-order valence-electron chi connectivity index (χ3n) is 4.91. The normalized spacial score (nSPS) is 16.5. The molecule has 0 bridgehead atoms. The van der Waals surface area contributed by atoms with Crippen LogP contribution in [0, 0.1) is 11.8 Å². The Bertz CT molecular complexity index is 1160. The van der Waals surface area contributed by atoms with Crippen molar-refractivity contribution in [2.45, 2.75) is 68.6 Å². The van der Waals surface area contributed by atoms with Crippen molar-refractivity contribution in [3.8, 4) is 0 Å². The predicted octanol–water partition coefficient (Wildman–Crippen LogP) is 4.77. The van der Waals surface area contributed by atoms with Crippen molar-refractivity contribution in [3.63, 3.8) is 0 Å². The summed E-state index contributed by atoms with van der Waals surface area (Å²) in [5.74, 6) is -2.69. The van der Waals surface area contributed by atoms with Gasteiger partial charge in [0.25, 0.3) is 5.91 Å². The van der Waals surface area contributed by atoms with Crippen molar-refractivity contribution in [2.24, 2.45) is 9.50 Å². The zero-order valence-corrected chi connectivity index (χ0v) is 19.9. The molecule has 1 amide bonds. The van der Waals surface area contributed by atoms with Gasteiger partial charge in [0.15, 0.2) is 14.1 Å². The summed E-state index contributed by atoms with van der Waals surface area (Å²) >= 11 is 6.66. The fourth-order valence-corrected chi connectivity index (χ4v) is 5.83. The van der Waals surface area contributed by atoms with E-state index in [9.17, 15) is 22.9 Å². The number of thiazole rings is 1. The molecule has 1 aliphatic rings. The van der Waals surface area contributed by atoms with Crippen molar-refractivity contribution in [3.05, 3.63) is 44.6 Å². The number of nitrogens with two attached hydrogens (primary N) is 1. The second-order valence-corrected chi connectivity index (χ2v) is 11.9. The number of aromatic nitrogens is 1. The second-order valence-electron chi connectivity index (χ2n) is 8.47. The SMILES string of the molecule is CC(C)c1c(F)c(Cl)cc(C2CC2)c1CC(=O)N=[S@](N)(=O)c1sc(C(C)(C)O)nc1F. The summed E-state index contributed by atoms with van der Waals surface area (Å²) in [6.07, 6.45) is 1.47. The van der Waals surface area contributed by atoms with Crippen LogP contribution in [0.4, 0.5) is 8.78 Å². The van der Waals surface area contributed by atoms with Gasteiger partial charge in [-0.25, -0.2) is 18.7 Å². The van der Waals surface area contributed by atoms with Crippen molar-refractivity contribution >= 4 is 38.8 Å². The highest BCUT2D eigenvalue weighted by Gasteiger charge is 2.32. The minimum Gasteiger partial charge on any atom is -0.383 e. The van der Waals surface area contributed by atoms with Crippen LogP contribution in [0.15, 0.2) is 14.6 Å². The van der Waals surface area contributed by atoms with Crippen LogP contribution in [0.3, 0.4) is 0 Å². The van der Waals surface area contributed by atoms with Gasteiger partial charge in [-0.1, -0.05) is 25.4 Å². The highest BCUT2D eigenvalue weighted by atomic mass is 35.5. The Balaban J connectivity index is 2.02. The zero-order chi connectivity index (χ0) is 23.3. The van der Waals surface area contributed by atoms with Gasteiger partial charge in [0.1, 0.15) is 16.4 Å². The zero-order valence-electron chi connectivity index (χ0n) is 17.5. The highest BCUT2D eigenvalue weighted by molar-refractivity contribution is 7.93. The Labute approximate surface area is 189 Å². The van der Waals surface area contributed by atoms with Gasteiger partial charge in [-0.2, -0.15) is 4.39 Å². The first-order chi connectivity index (χ1) is 14.2. The fourth-order valence-electron chi connectivity index (χ4n) is 3.37. The molecule has 170 valence electrons. The quantitative estimate of drug-likeness (QED) is 0.606. The van der Waals surface area contributed by atoms with Crippen LogP contribution in [0.1, 0.15) is 74.1 Å². The summed E-state index contributed by atoms with van der Waals surface area (Å²) in [5.41, 5.74) is 0.0747. The number of rotatable bonds is 6. The molecule has 11 heteroatoms. The standard InChI is InChI=1S/C20H24ClF2N3O3S2/c1-9(2)15-12(11(10-5-6-10)7-13(21)16(15)22)8-14(27)26-31(24,29)18-17(23)25-19(30-18)20(3,4)28/h7,9-10,28H,5-6,8H2,1-4H3,(H2,24,26,27,29)/t31-/m0/s1. The van der Waals surface area contributed by atoms with E-state index in [0.29, 0.717) is 22.5 Å². The molecule has 31 heavy (non-hydrogen) atoms. The Morgan fingerprint density at radius 3 is 2.55 bits per heavy atom. The fraction of sp³-hybridized carbons (Fsp3) is 0.500. The Kier molecular flexibility index (Phi) is 6.61. The van der Waals surface area contributed by atoms with Crippen LogP contribution >= 0.6 is 22.9 Å². The van der Waals surface area contributed by atoms with Gasteiger partial charge in [-0.15, -0.1) is 15.7 Å². The molecule has 1 aliphatic carbocycles. The lowest BCUT2D eigenvalue weighted by atomic mass is 9.89. The number of nitrogens with zero attached hydrogens (tertiary/aromatic N) is 2. The van der Waals surface area contributed by atoms with E-state index in [1.54, 1.807) is 13.8 Å². The molecule has 0 radical (unpaired) electrons. The molecule has 3 rings (SSSR count). The van der Waals surface area contributed by atoms with Crippen LogP contribution in [0.25, 0.3) is 0 Å². The van der Waals surface area contributed by atoms with Crippen molar-refractivity contribution in [1.82, 2.24) is 4.98 Å². The highest BCUT2D eigenvalue weighted by Crippen LogP contribution is 2.45. The van der Waals surface area contributed by atoms with Crippen LogP contribution in [0.2, 0.25) is 5.02 Å². The van der Waals surface area contributed by atoms with Gasteiger partial charge in [0, 0.05) is 0 Å². The number of hydrogen-bond donors (Lipinski definition) is 2. The number of halogens is 3. The molecule has 1 heterocycles. The van der Waals surface area contributed by atoms with Crippen molar-refractivity contribution in [2.75, 3.05) is 0 Å². The maximum absolute atomic E-state index is 14.8. The van der Waals surface area contributed by atoms with Crippen LogP contribution in [-0.4, -0.2) is 20.2 Å². The topological polar surface area (TPSA) is 106 Å². The molecule has 1 aromatic carbocycles. The number of carbonyl (C=O) groups excluding carboxylic acids is 1. The van der Waals surface area contributed by atoms with E-state index >= 15 is 0 Å². The first-order valence-electron chi connectivity index (χ1n) is 9.70. The lowest BCUT2D eigenvalue weighted by Crippen LogP contribution is -2.17. The monoisotopic (exact) mass is 491 g/mol. The minimum absolute atomic E-state index is 0.00719. The van der Waals surface area contributed by atoms with E-state index in [1.165, 1.54) is 19.9 Å². The van der Waals surface area contributed by atoms with Crippen molar-refractivity contribution in [1.29, 1.82) is 0 Å².